The van der Waals surface area contributed by atoms with Crippen LogP contribution >= 0.6 is 11.6 Å². The third-order valence-electron chi connectivity index (χ3n) is 5.91. The summed E-state index contributed by atoms with van der Waals surface area (Å²) in [5.41, 5.74) is 3.67. The Morgan fingerprint density at radius 3 is 2.24 bits per heavy atom. The van der Waals surface area contributed by atoms with Crippen molar-refractivity contribution in [2.75, 3.05) is 6.61 Å². The zero-order valence-corrected chi connectivity index (χ0v) is 20.1. The van der Waals surface area contributed by atoms with Gasteiger partial charge in [0.15, 0.2) is 6.61 Å². The van der Waals surface area contributed by atoms with Gasteiger partial charge in [-0.05, 0) is 51.1 Å². The van der Waals surface area contributed by atoms with E-state index >= 15 is 0 Å². The number of benzene rings is 2. The molecule has 0 aliphatic rings. The lowest BCUT2D eigenvalue weighted by Crippen LogP contribution is -2.22. The van der Waals surface area contributed by atoms with Crippen LogP contribution in [0.3, 0.4) is 0 Å². The Balaban J connectivity index is 1.66. The van der Waals surface area contributed by atoms with Gasteiger partial charge in [-0.1, -0.05) is 41.9 Å². The third kappa shape index (κ3) is 3.99. The Hall–Kier alpha value is -3.84. The average molecular weight is 478 g/mol. The molecular weight excluding hydrogens is 454 g/mol. The van der Waals surface area contributed by atoms with Crippen molar-refractivity contribution in [1.82, 2.24) is 13.9 Å². The van der Waals surface area contributed by atoms with Gasteiger partial charge in [0.2, 0.25) is 5.78 Å². The summed E-state index contributed by atoms with van der Waals surface area (Å²) in [6.45, 7) is 5.03. The van der Waals surface area contributed by atoms with E-state index < -0.39 is 12.6 Å². The quantitative estimate of drug-likeness (QED) is 0.301. The van der Waals surface area contributed by atoms with Crippen LogP contribution in [0, 0.1) is 20.8 Å². The number of nitrogens with zero attached hydrogens (tertiary/aromatic N) is 3. The molecule has 2 heterocycles. The molecule has 8 heteroatoms. The lowest BCUT2D eigenvalue weighted by Gasteiger charge is -2.09. The number of ether oxygens (including phenoxy) is 1. The second-order valence-electron chi connectivity index (χ2n) is 8.01. The number of hydrogen-bond acceptors (Lipinski definition) is 4. The number of rotatable bonds is 6. The van der Waals surface area contributed by atoms with Crippen molar-refractivity contribution in [2.24, 2.45) is 7.05 Å². The number of carbonyl (C=O) groups excluding carboxylic acids is 2. The highest BCUT2D eigenvalue weighted by molar-refractivity contribution is 6.33. The molecule has 0 unspecified atom stereocenters. The number of aryl methyl sites for hydroxylation is 1. The zero-order valence-electron chi connectivity index (χ0n) is 19.3. The molecule has 0 fully saturated rings. The molecule has 0 bridgehead atoms. The van der Waals surface area contributed by atoms with Gasteiger partial charge in [-0.3, -0.25) is 14.3 Å². The summed E-state index contributed by atoms with van der Waals surface area (Å²) in [5, 5.41) is 0.257. The topological polar surface area (TPSA) is 75.2 Å². The van der Waals surface area contributed by atoms with Crippen LogP contribution in [0.2, 0.25) is 5.02 Å². The number of ketones is 1. The Labute approximate surface area is 201 Å². The van der Waals surface area contributed by atoms with Crippen LogP contribution in [-0.2, 0) is 11.8 Å². The van der Waals surface area contributed by atoms with E-state index in [0.29, 0.717) is 16.9 Å². The second-order valence-corrected chi connectivity index (χ2v) is 8.42. The molecule has 174 valence electrons. The fourth-order valence-corrected chi connectivity index (χ4v) is 4.33. The first-order valence-electron chi connectivity index (χ1n) is 10.7. The van der Waals surface area contributed by atoms with Crippen molar-refractivity contribution in [3.8, 4) is 11.4 Å². The minimum atomic E-state index is -0.669. The number of esters is 1. The van der Waals surface area contributed by atoms with Crippen LogP contribution in [0.25, 0.3) is 11.4 Å². The molecule has 2 aromatic heterocycles. The summed E-state index contributed by atoms with van der Waals surface area (Å²) in [7, 11) is 1.82. The lowest BCUT2D eigenvalue weighted by molar-refractivity contribution is 0.0474. The SMILES string of the molecule is Cc1cc(C(=O)COC(=O)c2ccccc2Cl)c(C)n1-c1c(C)n(C)n(-c2ccccc2)c1=O. The number of carbonyl (C=O) groups is 2. The molecule has 0 amide bonds. The van der Waals surface area contributed by atoms with Gasteiger partial charge in [-0.15, -0.1) is 0 Å². The molecule has 2 aromatic carbocycles. The molecule has 0 atom stereocenters. The van der Waals surface area contributed by atoms with Crippen molar-refractivity contribution in [3.63, 3.8) is 0 Å². The van der Waals surface area contributed by atoms with Gasteiger partial charge >= 0.3 is 5.97 Å². The van der Waals surface area contributed by atoms with Crippen LogP contribution in [0.1, 0.15) is 37.8 Å². The predicted octanol–water partition coefficient (Wildman–Crippen LogP) is 4.59. The summed E-state index contributed by atoms with van der Waals surface area (Å²) in [6.07, 6.45) is 0. The van der Waals surface area contributed by atoms with Crippen molar-refractivity contribution in [3.05, 3.63) is 104 Å². The Morgan fingerprint density at radius 1 is 0.912 bits per heavy atom. The van der Waals surface area contributed by atoms with E-state index in [1.807, 2.05) is 51.2 Å². The molecule has 0 N–H and O–H groups in total. The van der Waals surface area contributed by atoms with Gasteiger partial charge in [0.1, 0.15) is 5.69 Å². The minimum Gasteiger partial charge on any atom is -0.454 e. The molecule has 7 nitrogen and oxygen atoms in total. The standard InChI is InChI=1S/C26H24ClN3O4/c1-16-14-21(23(31)15-34-26(33)20-12-8-9-13-22(20)27)17(2)29(16)24-18(3)28(4)30(25(24)32)19-10-6-5-7-11-19/h5-14H,15H2,1-4H3. The van der Waals surface area contributed by atoms with E-state index in [1.54, 1.807) is 45.1 Å². The van der Waals surface area contributed by atoms with Gasteiger partial charge in [-0.2, -0.15) is 0 Å². The molecular formula is C26H24ClN3O4. The number of aromatic nitrogens is 3. The highest BCUT2D eigenvalue weighted by Crippen LogP contribution is 2.23. The number of para-hydroxylation sites is 1. The van der Waals surface area contributed by atoms with Gasteiger partial charge in [0.25, 0.3) is 5.56 Å². The molecule has 0 saturated heterocycles. The average Bonchev–Trinajstić information content (AvgIpc) is 3.23. The van der Waals surface area contributed by atoms with E-state index in [-0.39, 0.29) is 21.9 Å². The highest BCUT2D eigenvalue weighted by atomic mass is 35.5. The largest absolute Gasteiger partial charge is 0.454 e. The summed E-state index contributed by atoms with van der Waals surface area (Å²) in [5.74, 6) is -1.03. The van der Waals surface area contributed by atoms with Crippen molar-refractivity contribution in [1.29, 1.82) is 0 Å². The van der Waals surface area contributed by atoms with Gasteiger partial charge in [-0.25, -0.2) is 9.48 Å². The maximum Gasteiger partial charge on any atom is 0.340 e. The molecule has 4 rings (SSSR count). The molecule has 0 radical (unpaired) electrons. The number of halogens is 1. The molecule has 0 saturated carbocycles. The maximum atomic E-state index is 13.5. The van der Waals surface area contributed by atoms with E-state index in [9.17, 15) is 14.4 Å². The van der Waals surface area contributed by atoms with Crippen LogP contribution in [0.15, 0.2) is 65.5 Å². The molecule has 0 aliphatic carbocycles. The van der Waals surface area contributed by atoms with Crippen molar-refractivity contribution >= 4 is 23.4 Å². The minimum absolute atomic E-state index is 0.197. The molecule has 34 heavy (non-hydrogen) atoms. The maximum absolute atomic E-state index is 13.5. The van der Waals surface area contributed by atoms with Crippen LogP contribution in [0.4, 0.5) is 0 Å². The second kappa shape index (κ2) is 9.19. The van der Waals surface area contributed by atoms with Gasteiger partial charge in [0, 0.05) is 24.0 Å². The molecule has 0 aliphatic heterocycles. The third-order valence-corrected chi connectivity index (χ3v) is 6.24. The fourth-order valence-electron chi connectivity index (χ4n) is 4.11. The lowest BCUT2D eigenvalue weighted by atomic mass is 10.1. The zero-order chi connectivity index (χ0) is 24.6. The molecule has 4 aromatic rings. The van der Waals surface area contributed by atoms with Crippen molar-refractivity contribution in [2.45, 2.75) is 20.8 Å². The summed E-state index contributed by atoms with van der Waals surface area (Å²) < 4.78 is 10.4. The van der Waals surface area contributed by atoms with Crippen molar-refractivity contribution < 1.29 is 14.3 Å². The summed E-state index contributed by atoms with van der Waals surface area (Å²) >= 11 is 6.03. The van der Waals surface area contributed by atoms with E-state index in [4.69, 9.17) is 16.3 Å². The van der Waals surface area contributed by atoms with E-state index in [2.05, 4.69) is 0 Å². The first kappa shape index (κ1) is 23.3. The Bertz CT molecular complexity index is 1460. The summed E-state index contributed by atoms with van der Waals surface area (Å²) in [6, 6.07) is 17.6. The number of Topliss-reactive ketones (excluding diaryl/α,β-unsaturated/α-hetero) is 1. The number of hydrogen-bond donors (Lipinski definition) is 0. The summed E-state index contributed by atoms with van der Waals surface area (Å²) in [4.78, 5) is 38.7. The predicted molar refractivity (Wildman–Crippen MR) is 131 cm³/mol. The highest BCUT2D eigenvalue weighted by Gasteiger charge is 2.24. The first-order valence-corrected chi connectivity index (χ1v) is 11.1. The first-order chi connectivity index (χ1) is 16.2. The smallest absolute Gasteiger partial charge is 0.340 e. The molecule has 0 spiro atoms. The Morgan fingerprint density at radius 2 is 1.56 bits per heavy atom. The van der Waals surface area contributed by atoms with Crippen LogP contribution in [0.5, 0.6) is 0 Å². The van der Waals surface area contributed by atoms with E-state index in [1.165, 1.54) is 6.07 Å². The van der Waals surface area contributed by atoms with Gasteiger partial charge in [0.05, 0.1) is 22.0 Å². The fraction of sp³-hybridized carbons (Fsp3) is 0.192. The Kier molecular flexibility index (Phi) is 6.30. The van der Waals surface area contributed by atoms with E-state index in [0.717, 1.165) is 17.1 Å². The monoisotopic (exact) mass is 477 g/mol. The van der Waals surface area contributed by atoms with Gasteiger partial charge < -0.3 is 9.30 Å². The normalized spacial score (nSPS) is 11.0. The van der Waals surface area contributed by atoms with Crippen LogP contribution in [-0.4, -0.2) is 32.3 Å². The van der Waals surface area contributed by atoms with Crippen LogP contribution < -0.4 is 5.56 Å².